The Morgan fingerprint density at radius 3 is 2.48 bits per heavy atom. The van der Waals surface area contributed by atoms with Gasteiger partial charge in [0.15, 0.2) is 0 Å². The van der Waals surface area contributed by atoms with Gasteiger partial charge in [0.2, 0.25) is 10.0 Å². The molecule has 29 heavy (non-hydrogen) atoms. The van der Waals surface area contributed by atoms with E-state index in [1.165, 1.54) is 29.2 Å². The van der Waals surface area contributed by atoms with Crippen molar-refractivity contribution in [3.05, 3.63) is 47.4 Å². The van der Waals surface area contributed by atoms with E-state index in [0.717, 1.165) is 56.2 Å². The zero-order chi connectivity index (χ0) is 20.4. The highest BCUT2D eigenvalue weighted by atomic mass is 32.2. The molecular formula is C21H26N4O3S. The van der Waals surface area contributed by atoms with Crippen LogP contribution in [0.15, 0.2) is 35.5 Å². The van der Waals surface area contributed by atoms with Gasteiger partial charge in [-0.2, -0.15) is 4.31 Å². The normalized spacial score (nSPS) is 17.3. The zero-order valence-corrected chi connectivity index (χ0v) is 17.4. The largest absolute Gasteiger partial charge is 0.306 e. The highest BCUT2D eigenvalue weighted by Crippen LogP contribution is 2.27. The molecule has 0 atom stereocenters. The van der Waals surface area contributed by atoms with Crippen LogP contribution < -0.4 is 5.32 Å². The average molecular weight is 415 g/mol. The van der Waals surface area contributed by atoms with Gasteiger partial charge in [0, 0.05) is 29.9 Å². The number of benzene rings is 1. The molecule has 1 saturated carbocycles. The second kappa shape index (κ2) is 8.20. The molecule has 1 heterocycles. The first-order valence-electron chi connectivity index (χ1n) is 10.2. The van der Waals surface area contributed by atoms with Crippen molar-refractivity contribution < 1.29 is 13.2 Å². The summed E-state index contributed by atoms with van der Waals surface area (Å²) in [6.07, 6.45) is 9.35. The number of aromatic nitrogens is 2. The molecule has 1 N–H and O–H groups in total. The first-order valence-corrected chi connectivity index (χ1v) is 11.6. The fourth-order valence-corrected chi connectivity index (χ4v) is 5.65. The van der Waals surface area contributed by atoms with Gasteiger partial charge in [-0.3, -0.25) is 4.79 Å². The molecule has 7 nitrogen and oxygen atoms in total. The Balaban J connectivity index is 1.49. The number of hydrogen-bond acceptors (Lipinski definition) is 5. The summed E-state index contributed by atoms with van der Waals surface area (Å²) < 4.78 is 27.4. The fraction of sp³-hybridized carbons (Fsp3) is 0.476. The van der Waals surface area contributed by atoms with Crippen LogP contribution in [-0.2, 0) is 22.9 Å². The summed E-state index contributed by atoms with van der Waals surface area (Å²) in [5.74, 6) is 0.244. The van der Waals surface area contributed by atoms with Gasteiger partial charge in [-0.25, -0.2) is 18.4 Å². The summed E-state index contributed by atoms with van der Waals surface area (Å²) in [5, 5.41) is 2.84. The van der Waals surface area contributed by atoms with Crippen molar-refractivity contribution in [1.29, 1.82) is 0 Å². The first kappa shape index (κ1) is 20.0. The van der Waals surface area contributed by atoms with Crippen LogP contribution in [0.2, 0.25) is 0 Å². The summed E-state index contributed by atoms with van der Waals surface area (Å²) in [7, 11) is -1.91. The predicted molar refractivity (Wildman–Crippen MR) is 110 cm³/mol. The molecule has 8 heteroatoms. The molecule has 1 aromatic carbocycles. The number of amides is 1. The lowest BCUT2D eigenvalue weighted by Gasteiger charge is -2.30. The van der Waals surface area contributed by atoms with Crippen LogP contribution in [0.3, 0.4) is 0 Å². The van der Waals surface area contributed by atoms with Crippen molar-refractivity contribution in [1.82, 2.24) is 14.3 Å². The van der Waals surface area contributed by atoms with E-state index in [9.17, 15) is 13.2 Å². The molecule has 0 aliphatic heterocycles. The predicted octanol–water partition coefficient (Wildman–Crippen LogP) is 3.17. The van der Waals surface area contributed by atoms with E-state index in [1.54, 1.807) is 19.2 Å². The Bertz CT molecular complexity index is 999. The lowest BCUT2D eigenvalue weighted by Crippen LogP contribution is -2.38. The average Bonchev–Trinajstić information content (AvgIpc) is 3.24. The number of carbonyl (C=O) groups is 1. The number of nitrogens with zero attached hydrogens (tertiary/aromatic N) is 3. The third-order valence-electron chi connectivity index (χ3n) is 5.99. The molecular weight excluding hydrogens is 388 g/mol. The van der Waals surface area contributed by atoms with Gasteiger partial charge in [-0.05, 0) is 56.4 Å². The number of fused-ring (bicyclic) bond motifs is 1. The minimum Gasteiger partial charge on any atom is -0.306 e. The number of sulfonamides is 1. The second-order valence-electron chi connectivity index (χ2n) is 7.79. The van der Waals surface area contributed by atoms with Crippen molar-refractivity contribution >= 4 is 21.7 Å². The number of carbonyl (C=O) groups excluding carboxylic acids is 1. The van der Waals surface area contributed by atoms with Crippen molar-refractivity contribution in [2.75, 3.05) is 12.4 Å². The molecule has 0 unspecified atom stereocenters. The molecule has 1 amide bonds. The maximum absolute atomic E-state index is 12.9. The minimum absolute atomic E-state index is 0.0524. The van der Waals surface area contributed by atoms with Crippen LogP contribution in [-0.4, -0.2) is 41.7 Å². The molecule has 1 aromatic heterocycles. The highest BCUT2D eigenvalue weighted by molar-refractivity contribution is 7.89. The molecule has 2 aromatic rings. The summed E-state index contributed by atoms with van der Waals surface area (Å²) in [4.78, 5) is 21.3. The Hall–Kier alpha value is -2.32. The van der Waals surface area contributed by atoms with Gasteiger partial charge in [0.05, 0.1) is 4.90 Å². The lowest BCUT2D eigenvalue weighted by atomic mass is 9.96. The summed E-state index contributed by atoms with van der Waals surface area (Å²) >= 11 is 0. The number of hydrogen-bond donors (Lipinski definition) is 1. The highest BCUT2D eigenvalue weighted by Gasteiger charge is 2.29. The maximum Gasteiger partial charge on any atom is 0.256 e. The smallest absolute Gasteiger partial charge is 0.256 e. The minimum atomic E-state index is -3.57. The van der Waals surface area contributed by atoms with Crippen molar-refractivity contribution in [2.45, 2.75) is 62.3 Å². The van der Waals surface area contributed by atoms with Crippen molar-refractivity contribution in [3.63, 3.8) is 0 Å². The molecule has 1 fully saturated rings. The fourth-order valence-electron chi connectivity index (χ4n) is 4.23. The molecule has 0 saturated heterocycles. The molecule has 0 spiro atoms. The molecule has 4 rings (SSSR count). The van der Waals surface area contributed by atoms with Gasteiger partial charge in [0.25, 0.3) is 5.91 Å². The topological polar surface area (TPSA) is 92.3 Å². The first-order chi connectivity index (χ1) is 14.0. The van der Waals surface area contributed by atoms with E-state index in [2.05, 4.69) is 15.3 Å². The van der Waals surface area contributed by atoms with Crippen molar-refractivity contribution in [3.8, 4) is 0 Å². The number of nitrogens with one attached hydrogen (secondary N) is 1. The van der Waals surface area contributed by atoms with Gasteiger partial charge < -0.3 is 5.32 Å². The second-order valence-corrected chi connectivity index (χ2v) is 9.79. The monoisotopic (exact) mass is 414 g/mol. The van der Waals surface area contributed by atoms with E-state index in [-0.39, 0.29) is 16.8 Å². The Morgan fingerprint density at radius 2 is 1.76 bits per heavy atom. The molecule has 2 aliphatic rings. The Kier molecular flexibility index (Phi) is 5.65. The zero-order valence-electron chi connectivity index (χ0n) is 16.6. The van der Waals surface area contributed by atoms with Crippen LogP contribution in [0.1, 0.15) is 60.1 Å². The molecule has 0 bridgehead atoms. The van der Waals surface area contributed by atoms with Gasteiger partial charge in [-0.1, -0.05) is 19.3 Å². The SMILES string of the molecule is CN(C1CCCCC1)S(=O)(=O)c1ccc(C(=O)Nc2ncnc3c2CCC3)cc1. The quantitative estimate of drug-likeness (QED) is 0.811. The van der Waals surface area contributed by atoms with Gasteiger partial charge in [0.1, 0.15) is 12.1 Å². The number of anilines is 1. The van der Waals surface area contributed by atoms with Gasteiger partial charge in [-0.15, -0.1) is 0 Å². The summed E-state index contributed by atoms with van der Waals surface area (Å²) in [6, 6.07) is 6.18. The Morgan fingerprint density at radius 1 is 1.03 bits per heavy atom. The van der Waals surface area contributed by atoms with E-state index < -0.39 is 10.0 Å². The van der Waals surface area contributed by atoms with E-state index in [4.69, 9.17) is 0 Å². The number of aryl methyl sites for hydroxylation is 1. The molecule has 2 aliphatic carbocycles. The van der Waals surface area contributed by atoms with Crippen LogP contribution in [0.5, 0.6) is 0 Å². The maximum atomic E-state index is 12.9. The van der Waals surface area contributed by atoms with E-state index in [0.29, 0.717) is 11.4 Å². The molecule has 154 valence electrons. The van der Waals surface area contributed by atoms with Crippen LogP contribution in [0.25, 0.3) is 0 Å². The molecule has 0 radical (unpaired) electrons. The van der Waals surface area contributed by atoms with Crippen LogP contribution in [0.4, 0.5) is 5.82 Å². The van der Waals surface area contributed by atoms with Gasteiger partial charge >= 0.3 is 0 Å². The summed E-state index contributed by atoms with van der Waals surface area (Å²) in [6.45, 7) is 0. The van der Waals surface area contributed by atoms with Crippen LogP contribution in [0, 0.1) is 0 Å². The third kappa shape index (κ3) is 4.04. The third-order valence-corrected chi connectivity index (χ3v) is 7.91. The standard InChI is InChI=1S/C21H26N4O3S/c1-25(16-6-3-2-4-7-16)29(27,28)17-12-10-15(11-13-17)21(26)24-20-18-8-5-9-19(18)22-14-23-20/h10-14,16H,2-9H2,1H3,(H,22,23,24,26). The van der Waals surface area contributed by atoms with E-state index >= 15 is 0 Å². The van der Waals surface area contributed by atoms with Crippen LogP contribution >= 0.6 is 0 Å². The lowest BCUT2D eigenvalue weighted by molar-refractivity contribution is 0.102. The number of rotatable bonds is 5. The summed E-state index contributed by atoms with van der Waals surface area (Å²) in [5.41, 5.74) is 2.38. The Labute approximate surface area is 171 Å². The van der Waals surface area contributed by atoms with Crippen molar-refractivity contribution in [2.24, 2.45) is 0 Å². The van der Waals surface area contributed by atoms with E-state index in [1.807, 2.05) is 0 Å².